The molecule has 0 saturated carbocycles. The fourth-order valence-corrected chi connectivity index (χ4v) is 2.64. The summed E-state index contributed by atoms with van der Waals surface area (Å²) in [6, 6.07) is 5.47. The van der Waals surface area contributed by atoms with Crippen LogP contribution >= 0.6 is 24.0 Å². The number of hydrogen-bond donors (Lipinski definition) is 2. The van der Waals surface area contributed by atoms with Crippen molar-refractivity contribution in [3.8, 4) is 0 Å². The maximum atomic E-state index is 14.1. The molecule has 0 spiro atoms. The molecule has 0 amide bonds. The highest BCUT2D eigenvalue weighted by molar-refractivity contribution is 14.0. The van der Waals surface area contributed by atoms with Crippen LogP contribution in [0.3, 0.4) is 0 Å². The standard InChI is InChI=1S/C18H25F2N5.HI/c1-21-18(22-10-13-8-9-25(4)12-13)23-11-16(24(2)3)17-14(19)6-5-7-15(17)20;/h5-9,12,16H,10-11H2,1-4H3,(H2,21,22,23);1H. The number of likely N-dealkylation sites (N-methyl/N-ethyl adjacent to an activating group) is 1. The lowest BCUT2D eigenvalue weighted by atomic mass is 10.0. The van der Waals surface area contributed by atoms with Crippen LogP contribution in [0.4, 0.5) is 8.78 Å². The number of halogens is 3. The third-order valence-corrected chi connectivity index (χ3v) is 4.00. The van der Waals surface area contributed by atoms with E-state index in [4.69, 9.17) is 0 Å². The molecule has 5 nitrogen and oxygen atoms in total. The van der Waals surface area contributed by atoms with Crippen molar-refractivity contribution >= 4 is 29.9 Å². The average Bonchev–Trinajstić information content (AvgIpc) is 2.98. The molecule has 2 aromatic rings. The van der Waals surface area contributed by atoms with E-state index in [1.165, 1.54) is 18.2 Å². The SMILES string of the molecule is CN=C(NCc1ccn(C)c1)NCC(c1c(F)cccc1F)N(C)C.I. The Morgan fingerprint density at radius 1 is 1.19 bits per heavy atom. The molecule has 1 atom stereocenters. The fourth-order valence-electron chi connectivity index (χ4n) is 2.64. The topological polar surface area (TPSA) is 44.6 Å². The van der Waals surface area contributed by atoms with Crippen LogP contribution in [0.25, 0.3) is 0 Å². The molecule has 0 aliphatic heterocycles. The van der Waals surface area contributed by atoms with Crippen LogP contribution < -0.4 is 10.6 Å². The zero-order valence-corrected chi connectivity index (χ0v) is 17.8. The smallest absolute Gasteiger partial charge is 0.191 e. The summed E-state index contributed by atoms with van der Waals surface area (Å²) in [5.74, 6) is -0.520. The van der Waals surface area contributed by atoms with Crippen molar-refractivity contribution in [2.45, 2.75) is 12.6 Å². The van der Waals surface area contributed by atoms with Gasteiger partial charge in [-0.25, -0.2) is 8.78 Å². The van der Waals surface area contributed by atoms with Crippen molar-refractivity contribution in [2.75, 3.05) is 27.7 Å². The Morgan fingerprint density at radius 2 is 1.85 bits per heavy atom. The molecular formula is C18H26F2IN5. The van der Waals surface area contributed by atoms with Gasteiger partial charge in [0.15, 0.2) is 5.96 Å². The van der Waals surface area contributed by atoms with E-state index in [0.717, 1.165) is 5.56 Å². The molecule has 1 aromatic heterocycles. The van der Waals surface area contributed by atoms with E-state index in [2.05, 4.69) is 15.6 Å². The highest BCUT2D eigenvalue weighted by atomic mass is 127. The predicted octanol–water partition coefficient (Wildman–Crippen LogP) is 2.89. The summed E-state index contributed by atoms with van der Waals surface area (Å²) in [5.41, 5.74) is 1.17. The summed E-state index contributed by atoms with van der Waals surface area (Å²) in [5, 5.41) is 6.33. The van der Waals surface area contributed by atoms with E-state index in [-0.39, 0.29) is 29.5 Å². The molecule has 1 heterocycles. The van der Waals surface area contributed by atoms with Crippen LogP contribution in [0.2, 0.25) is 0 Å². The second-order valence-electron chi connectivity index (χ2n) is 6.11. The Labute approximate surface area is 170 Å². The van der Waals surface area contributed by atoms with E-state index in [1.54, 1.807) is 26.0 Å². The van der Waals surface area contributed by atoms with Crippen LogP contribution in [0.15, 0.2) is 41.7 Å². The molecular weight excluding hydrogens is 451 g/mol. The molecule has 0 fully saturated rings. The van der Waals surface area contributed by atoms with Gasteiger partial charge in [0, 0.05) is 45.1 Å². The summed E-state index contributed by atoms with van der Waals surface area (Å²) in [6.07, 6.45) is 3.98. The molecule has 1 aromatic carbocycles. The van der Waals surface area contributed by atoms with Gasteiger partial charge in [0.05, 0.1) is 6.04 Å². The number of hydrogen-bond acceptors (Lipinski definition) is 2. The lowest BCUT2D eigenvalue weighted by Crippen LogP contribution is -2.41. The molecule has 2 N–H and O–H groups in total. The number of guanidine groups is 1. The maximum Gasteiger partial charge on any atom is 0.191 e. The average molecular weight is 477 g/mol. The molecule has 0 radical (unpaired) electrons. The zero-order chi connectivity index (χ0) is 18.4. The molecule has 0 saturated heterocycles. The highest BCUT2D eigenvalue weighted by Crippen LogP contribution is 2.23. The van der Waals surface area contributed by atoms with Gasteiger partial charge in [-0.05, 0) is 37.9 Å². The van der Waals surface area contributed by atoms with Crippen molar-refractivity contribution in [1.29, 1.82) is 0 Å². The Kier molecular flexibility index (Phi) is 9.00. The number of benzene rings is 1. The predicted molar refractivity (Wildman–Crippen MR) is 112 cm³/mol. The number of aromatic nitrogens is 1. The van der Waals surface area contributed by atoms with Gasteiger partial charge >= 0.3 is 0 Å². The minimum Gasteiger partial charge on any atom is -0.357 e. The number of nitrogens with one attached hydrogen (secondary N) is 2. The number of aryl methyl sites for hydroxylation is 1. The van der Waals surface area contributed by atoms with Crippen molar-refractivity contribution in [3.05, 3.63) is 59.4 Å². The molecule has 8 heteroatoms. The lowest BCUT2D eigenvalue weighted by molar-refractivity contribution is 0.282. The monoisotopic (exact) mass is 477 g/mol. The second kappa shape index (κ2) is 10.5. The highest BCUT2D eigenvalue weighted by Gasteiger charge is 2.22. The first-order valence-electron chi connectivity index (χ1n) is 8.08. The maximum absolute atomic E-state index is 14.1. The van der Waals surface area contributed by atoms with Crippen molar-refractivity contribution in [1.82, 2.24) is 20.1 Å². The summed E-state index contributed by atoms with van der Waals surface area (Å²) in [6.45, 7) is 0.931. The van der Waals surface area contributed by atoms with Gasteiger partial charge in [-0.2, -0.15) is 0 Å². The van der Waals surface area contributed by atoms with Crippen molar-refractivity contribution < 1.29 is 8.78 Å². The van der Waals surface area contributed by atoms with Crippen LogP contribution in [0, 0.1) is 11.6 Å². The molecule has 0 bridgehead atoms. The minimum absolute atomic E-state index is 0. The normalized spacial score (nSPS) is 12.7. The van der Waals surface area contributed by atoms with Crippen molar-refractivity contribution in [2.24, 2.45) is 12.0 Å². The second-order valence-corrected chi connectivity index (χ2v) is 6.11. The minimum atomic E-state index is -0.548. The largest absolute Gasteiger partial charge is 0.357 e. The first kappa shape index (κ1) is 22.4. The molecule has 0 aliphatic rings. The Hall–Kier alpha value is -1.68. The zero-order valence-electron chi connectivity index (χ0n) is 15.5. The van der Waals surface area contributed by atoms with Gasteiger partial charge < -0.3 is 20.1 Å². The summed E-state index contributed by atoms with van der Waals surface area (Å²) >= 11 is 0. The molecule has 0 aliphatic carbocycles. The van der Waals surface area contributed by atoms with E-state index in [0.29, 0.717) is 19.0 Å². The van der Waals surface area contributed by atoms with E-state index in [1.807, 2.05) is 30.1 Å². The van der Waals surface area contributed by atoms with Gasteiger partial charge in [0.2, 0.25) is 0 Å². The molecule has 2 rings (SSSR count). The lowest BCUT2D eigenvalue weighted by Gasteiger charge is -2.26. The van der Waals surface area contributed by atoms with Gasteiger partial charge in [0.1, 0.15) is 11.6 Å². The summed E-state index contributed by atoms with van der Waals surface area (Å²) < 4.78 is 30.2. The molecule has 26 heavy (non-hydrogen) atoms. The van der Waals surface area contributed by atoms with Gasteiger partial charge in [0.25, 0.3) is 0 Å². The molecule has 1 unspecified atom stereocenters. The van der Waals surface area contributed by atoms with E-state index in [9.17, 15) is 8.78 Å². The Balaban J connectivity index is 0.00000338. The Morgan fingerprint density at radius 3 is 2.35 bits per heavy atom. The van der Waals surface area contributed by atoms with E-state index >= 15 is 0 Å². The third kappa shape index (κ3) is 5.94. The first-order chi connectivity index (χ1) is 11.9. The van der Waals surface area contributed by atoms with E-state index < -0.39 is 17.7 Å². The molecule has 144 valence electrons. The quantitative estimate of drug-likeness (QED) is 0.382. The summed E-state index contributed by atoms with van der Waals surface area (Å²) in [7, 11) is 7.20. The first-order valence-corrected chi connectivity index (χ1v) is 8.08. The summed E-state index contributed by atoms with van der Waals surface area (Å²) in [4.78, 5) is 5.94. The van der Waals surface area contributed by atoms with Crippen LogP contribution in [-0.4, -0.2) is 43.1 Å². The van der Waals surface area contributed by atoms with Crippen LogP contribution in [0.1, 0.15) is 17.2 Å². The number of rotatable bonds is 6. The third-order valence-electron chi connectivity index (χ3n) is 4.00. The number of aliphatic imine (C=N–C) groups is 1. The van der Waals surface area contributed by atoms with Crippen LogP contribution in [-0.2, 0) is 13.6 Å². The Bertz CT molecular complexity index is 710. The van der Waals surface area contributed by atoms with Crippen molar-refractivity contribution in [3.63, 3.8) is 0 Å². The van der Waals surface area contributed by atoms with Gasteiger partial charge in [-0.3, -0.25) is 4.99 Å². The number of nitrogens with zero attached hydrogens (tertiary/aromatic N) is 3. The van der Waals surface area contributed by atoms with Crippen LogP contribution in [0.5, 0.6) is 0 Å². The van der Waals surface area contributed by atoms with Gasteiger partial charge in [-0.1, -0.05) is 6.07 Å². The fraction of sp³-hybridized carbons (Fsp3) is 0.389. The van der Waals surface area contributed by atoms with Gasteiger partial charge in [-0.15, -0.1) is 24.0 Å².